The van der Waals surface area contributed by atoms with E-state index in [1.807, 2.05) is 13.0 Å². The third-order valence-electron chi connectivity index (χ3n) is 3.21. The molecule has 8 heteroatoms. The molecule has 0 aliphatic carbocycles. The van der Waals surface area contributed by atoms with Gasteiger partial charge in [-0.2, -0.15) is 0 Å². The molecule has 1 N–H and O–H groups in total. The van der Waals surface area contributed by atoms with E-state index in [4.69, 9.17) is 0 Å². The topological polar surface area (TPSA) is 107 Å². The number of non-ortho nitro benzene ring substituents is 1. The van der Waals surface area contributed by atoms with Crippen molar-refractivity contribution in [2.75, 3.05) is 5.32 Å². The lowest BCUT2D eigenvalue weighted by atomic mass is 10.1. The largest absolute Gasteiger partial charge is 0.379 e. The van der Waals surface area contributed by atoms with E-state index in [9.17, 15) is 10.1 Å². The Morgan fingerprint density at radius 3 is 2.86 bits per heavy atom. The Morgan fingerprint density at radius 1 is 1.29 bits per heavy atom. The van der Waals surface area contributed by atoms with Gasteiger partial charge in [0.05, 0.1) is 10.6 Å². The number of pyridine rings is 1. The SMILES string of the molecule is Cc1ccncc1CNc1ccc([N+](=O)[O-])c2nonc12. The number of nitro benzene ring substituents is 1. The van der Waals surface area contributed by atoms with Crippen LogP contribution in [0.25, 0.3) is 11.0 Å². The monoisotopic (exact) mass is 285 g/mol. The maximum absolute atomic E-state index is 10.9. The van der Waals surface area contributed by atoms with Crippen molar-refractivity contribution in [1.82, 2.24) is 15.3 Å². The van der Waals surface area contributed by atoms with E-state index >= 15 is 0 Å². The molecule has 0 aliphatic heterocycles. The number of hydrogen-bond acceptors (Lipinski definition) is 7. The first kappa shape index (κ1) is 13.0. The van der Waals surface area contributed by atoms with E-state index in [2.05, 4.69) is 25.2 Å². The van der Waals surface area contributed by atoms with Gasteiger partial charge in [0.15, 0.2) is 5.52 Å². The van der Waals surface area contributed by atoms with Gasteiger partial charge in [0.1, 0.15) is 0 Å². The van der Waals surface area contributed by atoms with E-state index in [1.54, 1.807) is 18.5 Å². The number of nitrogens with zero attached hydrogens (tertiary/aromatic N) is 4. The van der Waals surface area contributed by atoms with Crippen molar-refractivity contribution in [3.8, 4) is 0 Å². The Labute approximate surface area is 118 Å². The Kier molecular flexibility index (Phi) is 3.19. The smallest absolute Gasteiger partial charge is 0.300 e. The number of nitrogens with one attached hydrogen (secondary N) is 1. The number of nitro groups is 1. The molecule has 2 heterocycles. The fourth-order valence-corrected chi connectivity index (χ4v) is 2.02. The molecule has 0 amide bonds. The number of hydrogen-bond donors (Lipinski definition) is 1. The molecule has 0 aliphatic rings. The van der Waals surface area contributed by atoms with Crippen LogP contribution in [0.15, 0.2) is 35.2 Å². The van der Waals surface area contributed by atoms with E-state index in [-0.39, 0.29) is 11.2 Å². The van der Waals surface area contributed by atoms with Gasteiger partial charge in [0, 0.05) is 25.0 Å². The quantitative estimate of drug-likeness (QED) is 0.579. The van der Waals surface area contributed by atoms with Gasteiger partial charge in [-0.3, -0.25) is 15.1 Å². The van der Waals surface area contributed by atoms with Crippen molar-refractivity contribution in [2.45, 2.75) is 13.5 Å². The molecule has 8 nitrogen and oxygen atoms in total. The maximum atomic E-state index is 10.9. The number of fused-ring (bicyclic) bond motifs is 1. The Bertz CT molecular complexity index is 814. The van der Waals surface area contributed by atoms with Crippen LogP contribution in [0.5, 0.6) is 0 Å². The second-order valence-electron chi connectivity index (χ2n) is 4.51. The summed E-state index contributed by atoms with van der Waals surface area (Å²) in [4.78, 5) is 14.5. The molecule has 0 atom stereocenters. The zero-order chi connectivity index (χ0) is 14.8. The van der Waals surface area contributed by atoms with Crippen LogP contribution in [0.2, 0.25) is 0 Å². The third kappa shape index (κ3) is 2.38. The second-order valence-corrected chi connectivity index (χ2v) is 4.51. The van der Waals surface area contributed by atoms with Crippen molar-refractivity contribution in [3.63, 3.8) is 0 Å². The highest BCUT2D eigenvalue weighted by Crippen LogP contribution is 2.28. The molecule has 21 heavy (non-hydrogen) atoms. The molecule has 3 rings (SSSR count). The van der Waals surface area contributed by atoms with Gasteiger partial charge in [-0.15, -0.1) is 0 Å². The van der Waals surface area contributed by atoms with Gasteiger partial charge in [0.2, 0.25) is 5.52 Å². The van der Waals surface area contributed by atoms with Crippen molar-refractivity contribution >= 4 is 22.4 Å². The Balaban J connectivity index is 1.92. The zero-order valence-corrected chi connectivity index (χ0v) is 11.1. The molecule has 0 saturated carbocycles. The molecule has 2 aromatic heterocycles. The number of benzene rings is 1. The lowest BCUT2D eigenvalue weighted by molar-refractivity contribution is -0.383. The first-order valence-corrected chi connectivity index (χ1v) is 6.20. The first-order valence-electron chi connectivity index (χ1n) is 6.20. The summed E-state index contributed by atoms with van der Waals surface area (Å²) < 4.78 is 4.62. The van der Waals surface area contributed by atoms with Crippen LogP contribution in [-0.2, 0) is 6.54 Å². The van der Waals surface area contributed by atoms with E-state index in [1.165, 1.54) is 6.07 Å². The average Bonchev–Trinajstić information content (AvgIpc) is 2.95. The predicted octanol–water partition coefficient (Wildman–Crippen LogP) is 2.45. The minimum absolute atomic E-state index is 0.130. The number of aromatic nitrogens is 3. The number of aryl methyl sites for hydroxylation is 1. The summed E-state index contributed by atoms with van der Waals surface area (Å²) in [7, 11) is 0. The molecule has 0 fully saturated rings. The summed E-state index contributed by atoms with van der Waals surface area (Å²) >= 11 is 0. The van der Waals surface area contributed by atoms with Crippen LogP contribution in [0.4, 0.5) is 11.4 Å². The van der Waals surface area contributed by atoms with Crippen molar-refractivity contribution < 1.29 is 9.55 Å². The van der Waals surface area contributed by atoms with Gasteiger partial charge in [0.25, 0.3) is 0 Å². The molecule has 106 valence electrons. The Hall–Kier alpha value is -3.03. The van der Waals surface area contributed by atoms with Gasteiger partial charge in [-0.1, -0.05) is 0 Å². The predicted molar refractivity (Wildman–Crippen MR) is 74.8 cm³/mol. The summed E-state index contributed by atoms with van der Waals surface area (Å²) in [5.74, 6) is 0. The molecule has 3 aromatic rings. The van der Waals surface area contributed by atoms with Crippen LogP contribution in [0.1, 0.15) is 11.1 Å². The standard InChI is InChI=1S/C13H11N5O3/c1-8-4-5-14-6-9(8)7-15-10-2-3-11(18(19)20)13-12(10)16-21-17-13/h2-6,15H,7H2,1H3. The van der Waals surface area contributed by atoms with Crippen molar-refractivity contribution in [1.29, 1.82) is 0 Å². The minimum atomic E-state index is -0.512. The molecule has 0 unspecified atom stereocenters. The fourth-order valence-electron chi connectivity index (χ4n) is 2.02. The second kappa shape index (κ2) is 5.16. The van der Waals surface area contributed by atoms with Crippen LogP contribution in [-0.4, -0.2) is 20.2 Å². The molecule has 0 saturated heterocycles. The van der Waals surface area contributed by atoms with Crippen molar-refractivity contribution in [3.05, 3.63) is 51.8 Å². The third-order valence-corrected chi connectivity index (χ3v) is 3.21. The summed E-state index contributed by atoms with van der Waals surface area (Å²) in [6, 6.07) is 4.89. The van der Waals surface area contributed by atoms with E-state index in [0.717, 1.165) is 11.1 Å². The van der Waals surface area contributed by atoms with Crippen LogP contribution in [0, 0.1) is 17.0 Å². The van der Waals surface area contributed by atoms with Gasteiger partial charge in [-0.05, 0) is 40.5 Å². The highest BCUT2D eigenvalue weighted by Gasteiger charge is 2.19. The van der Waals surface area contributed by atoms with Crippen LogP contribution < -0.4 is 5.32 Å². The number of anilines is 1. The normalized spacial score (nSPS) is 10.7. The Morgan fingerprint density at radius 2 is 2.10 bits per heavy atom. The summed E-state index contributed by atoms with van der Waals surface area (Å²) in [6.45, 7) is 2.52. The number of rotatable bonds is 4. The van der Waals surface area contributed by atoms with Gasteiger partial charge >= 0.3 is 5.69 Å². The molecule has 0 spiro atoms. The highest BCUT2D eigenvalue weighted by molar-refractivity contribution is 5.93. The van der Waals surface area contributed by atoms with Crippen LogP contribution in [0.3, 0.4) is 0 Å². The minimum Gasteiger partial charge on any atom is -0.379 e. The summed E-state index contributed by atoms with van der Waals surface area (Å²) in [5, 5.41) is 21.4. The zero-order valence-electron chi connectivity index (χ0n) is 11.1. The fraction of sp³-hybridized carbons (Fsp3) is 0.154. The average molecular weight is 285 g/mol. The highest BCUT2D eigenvalue weighted by atomic mass is 16.6. The lowest BCUT2D eigenvalue weighted by Gasteiger charge is -2.08. The van der Waals surface area contributed by atoms with Crippen LogP contribution >= 0.6 is 0 Å². The molecule has 0 bridgehead atoms. The van der Waals surface area contributed by atoms with Crippen molar-refractivity contribution in [2.24, 2.45) is 0 Å². The van der Waals surface area contributed by atoms with Gasteiger partial charge < -0.3 is 5.32 Å². The molecular formula is C13H11N5O3. The van der Waals surface area contributed by atoms with E-state index in [0.29, 0.717) is 17.7 Å². The lowest BCUT2D eigenvalue weighted by Crippen LogP contribution is -2.03. The maximum Gasteiger partial charge on any atom is 0.300 e. The molecular weight excluding hydrogens is 274 g/mol. The first-order chi connectivity index (χ1) is 10.2. The van der Waals surface area contributed by atoms with Gasteiger partial charge in [-0.25, -0.2) is 4.63 Å². The summed E-state index contributed by atoms with van der Waals surface area (Å²) in [6.07, 6.45) is 3.50. The van der Waals surface area contributed by atoms with E-state index < -0.39 is 4.92 Å². The summed E-state index contributed by atoms with van der Waals surface area (Å²) in [5.41, 5.74) is 3.10. The molecule has 1 aromatic carbocycles. The molecule has 0 radical (unpaired) electrons.